The van der Waals surface area contributed by atoms with Gasteiger partial charge >= 0.3 is 0 Å². The van der Waals surface area contributed by atoms with Crippen molar-refractivity contribution >= 4 is 23.1 Å². The molecule has 38 valence electrons. The van der Waals surface area contributed by atoms with Crippen LogP contribution in [0.4, 0.5) is 0 Å². The number of hydrogen-bond donors (Lipinski definition) is 2. The van der Waals surface area contributed by atoms with E-state index in [0.29, 0.717) is 0 Å². The zero-order valence-electron chi connectivity index (χ0n) is 3.30. The first-order valence-corrected chi connectivity index (χ1v) is 3.66. The minimum Gasteiger partial charge on any atom is -0.264 e. The molecule has 0 fully saturated rings. The molecule has 0 aliphatic carbocycles. The van der Waals surface area contributed by atoms with Gasteiger partial charge in [-0.3, -0.25) is 5.14 Å². The summed E-state index contributed by atoms with van der Waals surface area (Å²) in [5.41, 5.74) is 0. The van der Waals surface area contributed by atoms with Crippen LogP contribution in [0.3, 0.4) is 0 Å². The van der Waals surface area contributed by atoms with Crippen molar-refractivity contribution in [3.63, 3.8) is 0 Å². The second kappa shape index (κ2) is 3.60. The van der Waals surface area contributed by atoms with Gasteiger partial charge in [-0.05, 0) is 0 Å². The normalized spacial score (nSPS) is 14.3. The Bertz CT molecular complexity index is 55.5. The van der Waals surface area contributed by atoms with E-state index in [1.54, 1.807) is 0 Å². The Morgan fingerprint density at radius 1 is 2.00 bits per heavy atom. The number of rotatable bonds is 2. The summed E-state index contributed by atoms with van der Waals surface area (Å²) in [5.74, 6) is 0. The predicted octanol–water partition coefficient (Wildman–Crippen LogP) is -0.609. The van der Waals surface area contributed by atoms with Gasteiger partial charge in [0.1, 0.15) is 0 Å². The summed E-state index contributed by atoms with van der Waals surface area (Å²) in [6.07, 6.45) is 1.51. The van der Waals surface area contributed by atoms with Gasteiger partial charge in [0.25, 0.3) is 0 Å². The van der Waals surface area contributed by atoms with Crippen LogP contribution >= 0.6 is 12.1 Å². The Labute approximate surface area is 43.5 Å². The van der Waals surface area contributed by atoms with E-state index in [1.807, 2.05) is 0 Å². The van der Waals surface area contributed by atoms with Crippen LogP contribution in [-0.2, 0) is 11.0 Å². The van der Waals surface area contributed by atoms with E-state index >= 15 is 0 Å². The molecule has 0 radical (unpaired) electrons. The average molecular weight is 126 g/mol. The van der Waals surface area contributed by atoms with Crippen molar-refractivity contribution in [2.75, 3.05) is 6.26 Å². The lowest BCUT2D eigenvalue weighted by atomic mass is 12.0. The van der Waals surface area contributed by atoms with E-state index in [1.165, 1.54) is 6.26 Å². The maximum atomic E-state index is 9.94. The van der Waals surface area contributed by atoms with Gasteiger partial charge in [0.15, 0.2) is 0 Å². The van der Waals surface area contributed by atoms with E-state index in [-0.39, 0.29) is 0 Å². The Morgan fingerprint density at radius 2 is 2.50 bits per heavy atom. The zero-order chi connectivity index (χ0) is 4.99. The quantitative estimate of drug-likeness (QED) is 0.485. The molecule has 3 nitrogen and oxygen atoms in total. The highest BCUT2D eigenvalue weighted by Gasteiger charge is 1.78. The molecule has 1 unspecified atom stereocenters. The second-order valence-corrected chi connectivity index (χ2v) is 2.47. The van der Waals surface area contributed by atoms with E-state index in [0.717, 1.165) is 12.1 Å². The van der Waals surface area contributed by atoms with Crippen LogP contribution in [0, 0.1) is 0 Å². The maximum absolute atomic E-state index is 9.94. The zero-order valence-corrected chi connectivity index (χ0v) is 4.94. The minimum atomic E-state index is -0.978. The molecule has 0 aromatic rings. The predicted molar refractivity (Wildman–Crippen MR) is 29.0 cm³/mol. The smallest absolute Gasteiger partial charge is 0.0993 e. The molecule has 1 atom stereocenters. The number of nitrogens with two attached hydrogens (primary N) is 1. The van der Waals surface area contributed by atoms with Gasteiger partial charge in [0, 0.05) is 18.4 Å². The van der Waals surface area contributed by atoms with Gasteiger partial charge in [-0.15, -0.1) is 0 Å². The van der Waals surface area contributed by atoms with E-state index in [9.17, 15) is 4.21 Å². The minimum absolute atomic E-state index is 0.860. The van der Waals surface area contributed by atoms with Gasteiger partial charge in [0.2, 0.25) is 0 Å². The highest BCUT2D eigenvalue weighted by Crippen LogP contribution is 1.73. The molecule has 0 spiro atoms. The van der Waals surface area contributed by atoms with Gasteiger partial charge in [0.05, 0.1) is 11.0 Å². The van der Waals surface area contributed by atoms with Crippen molar-refractivity contribution in [3.05, 3.63) is 0 Å². The third-order valence-corrected chi connectivity index (χ3v) is 1.49. The van der Waals surface area contributed by atoms with Crippen LogP contribution in [0.1, 0.15) is 0 Å². The summed E-state index contributed by atoms with van der Waals surface area (Å²) < 4.78 is 12.3. The lowest BCUT2D eigenvalue weighted by Gasteiger charge is -1.86. The number of nitrogens with one attached hydrogen (secondary N) is 1. The first-order chi connectivity index (χ1) is 2.77. The molecular formula is CH6N2OS2. The fourth-order valence-electron chi connectivity index (χ4n) is 0.0678. The van der Waals surface area contributed by atoms with E-state index < -0.39 is 11.0 Å². The average Bonchev–Trinajstić information content (AvgIpc) is 1.35. The molecule has 0 heterocycles. The highest BCUT2D eigenvalue weighted by molar-refractivity contribution is 8.05. The number of hydrogen-bond acceptors (Lipinski definition) is 3. The molecule has 0 aromatic carbocycles. The van der Waals surface area contributed by atoms with Crippen LogP contribution in [-0.4, -0.2) is 10.5 Å². The van der Waals surface area contributed by atoms with Crippen molar-refractivity contribution in [2.45, 2.75) is 0 Å². The molecule has 6 heavy (non-hydrogen) atoms. The third kappa shape index (κ3) is 4.42. The molecule has 0 bridgehead atoms. The van der Waals surface area contributed by atoms with Crippen molar-refractivity contribution in [1.29, 1.82) is 0 Å². The van der Waals surface area contributed by atoms with Crippen molar-refractivity contribution in [1.82, 2.24) is 4.13 Å². The molecule has 0 saturated heterocycles. The third-order valence-electron chi connectivity index (χ3n) is 0.165. The molecule has 5 heteroatoms. The van der Waals surface area contributed by atoms with Crippen LogP contribution in [0.25, 0.3) is 0 Å². The fourth-order valence-corrected chi connectivity index (χ4v) is 0.610. The Kier molecular flexibility index (Phi) is 3.86. The van der Waals surface area contributed by atoms with Crippen molar-refractivity contribution in [3.8, 4) is 0 Å². The van der Waals surface area contributed by atoms with Gasteiger partial charge in [-0.1, -0.05) is 0 Å². The lowest BCUT2D eigenvalue weighted by molar-refractivity contribution is 0.686. The fraction of sp³-hybridized carbons (Fsp3) is 1.00. The SMILES string of the molecule is CS(=O)NSN. The summed E-state index contributed by atoms with van der Waals surface area (Å²) >= 11 is 0.860. The Hall–Kier alpha value is 0.420. The summed E-state index contributed by atoms with van der Waals surface area (Å²) in [4.78, 5) is 0. The van der Waals surface area contributed by atoms with Gasteiger partial charge in [-0.2, -0.15) is 4.13 Å². The largest absolute Gasteiger partial charge is 0.264 e. The van der Waals surface area contributed by atoms with Crippen molar-refractivity contribution < 1.29 is 4.21 Å². The summed E-state index contributed by atoms with van der Waals surface area (Å²) in [6.45, 7) is 0. The maximum Gasteiger partial charge on any atom is 0.0993 e. The first-order valence-electron chi connectivity index (χ1n) is 1.22. The van der Waals surface area contributed by atoms with Gasteiger partial charge < -0.3 is 0 Å². The molecule has 0 aromatic heterocycles. The molecule has 3 N–H and O–H groups in total. The molecule has 0 saturated carbocycles. The molecule has 0 aliphatic rings. The molecule has 0 aliphatic heterocycles. The van der Waals surface area contributed by atoms with Crippen LogP contribution < -0.4 is 9.27 Å². The summed E-state index contributed by atoms with van der Waals surface area (Å²) in [7, 11) is -0.978. The Morgan fingerprint density at radius 3 is 2.50 bits per heavy atom. The van der Waals surface area contributed by atoms with E-state index in [2.05, 4.69) is 4.13 Å². The molecule has 0 amide bonds. The second-order valence-electron chi connectivity index (χ2n) is 0.655. The lowest BCUT2D eigenvalue weighted by Crippen LogP contribution is -2.07. The summed E-state index contributed by atoms with van der Waals surface area (Å²) in [6, 6.07) is 0. The van der Waals surface area contributed by atoms with Crippen LogP contribution in [0.2, 0.25) is 0 Å². The molecular weight excluding hydrogens is 120 g/mol. The van der Waals surface area contributed by atoms with Crippen LogP contribution in [0.5, 0.6) is 0 Å². The summed E-state index contributed by atoms with van der Waals surface area (Å²) in [5, 5.41) is 4.84. The van der Waals surface area contributed by atoms with Crippen LogP contribution in [0.15, 0.2) is 0 Å². The van der Waals surface area contributed by atoms with Gasteiger partial charge in [-0.25, -0.2) is 4.21 Å². The highest BCUT2D eigenvalue weighted by atomic mass is 32.2. The standard InChI is InChI=1S/CH6N2OS2/c1-6(4)3-5-2/h3H,2H2,1H3. The van der Waals surface area contributed by atoms with Crippen molar-refractivity contribution in [2.24, 2.45) is 5.14 Å². The topological polar surface area (TPSA) is 55.1 Å². The first kappa shape index (κ1) is 6.42. The van der Waals surface area contributed by atoms with E-state index in [4.69, 9.17) is 5.14 Å². The molecule has 0 rings (SSSR count). The monoisotopic (exact) mass is 126 g/mol. The Balaban J connectivity index is 2.83.